The van der Waals surface area contributed by atoms with E-state index in [1.807, 2.05) is 13.1 Å². The van der Waals surface area contributed by atoms with Gasteiger partial charge in [0.1, 0.15) is 0 Å². The second-order valence-electron chi connectivity index (χ2n) is 11.3. The van der Waals surface area contributed by atoms with Crippen molar-refractivity contribution in [1.82, 2.24) is 4.98 Å². The Kier molecular flexibility index (Phi) is 6.09. The first-order valence-electron chi connectivity index (χ1n) is 14.8. The zero-order valence-electron chi connectivity index (χ0n) is 24.0. The van der Waals surface area contributed by atoms with E-state index in [2.05, 4.69) is 157 Å². The molecule has 8 aromatic rings. The lowest BCUT2D eigenvalue weighted by Crippen LogP contribution is -1.91. The molecular weight excluding hydrogens is 518 g/mol. The highest BCUT2D eigenvalue weighted by molar-refractivity contribution is 6.21. The number of aromatic nitrogens is 1. The molecule has 0 saturated carbocycles. The Bertz CT molecular complexity index is 2220. The fourth-order valence-corrected chi connectivity index (χ4v) is 6.45. The molecule has 1 aromatic heterocycles. The zero-order chi connectivity index (χ0) is 28.8. The van der Waals surface area contributed by atoms with Crippen molar-refractivity contribution >= 4 is 32.3 Å². The predicted molar refractivity (Wildman–Crippen MR) is 183 cm³/mol. The van der Waals surface area contributed by atoms with Crippen LogP contribution in [0.25, 0.3) is 76.8 Å². The number of nitrogens with zero attached hydrogens (tertiary/aromatic N) is 1. The first-order chi connectivity index (χ1) is 21.2. The van der Waals surface area contributed by atoms with E-state index >= 15 is 0 Å². The lowest BCUT2D eigenvalue weighted by Gasteiger charge is -2.18. The van der Waals surface area contributed by atoms with Gasteiger partial charge >= 0.3 is 0 Å². The molecule has 1 heteroatoms. The Balaban J connectivity index is 1.26. The van der Waals surface area contributed by atoms with Crippen molar-refractivity contribution in [3.63, 3.8) is 0 Å². The van der Waals surface area contributed by atoms with Gasteiger partial charge in [-0.05, 0) is 102 Å². The molecule has 0 radical (unpaired) electrons. The quantitative estimate of drug-likeness (QED) is 0.200. The van der Waals surface area contributed by atoms with E-state index < -0.39 is 0 Å². The van der Waals surface area contributed by atoms with Crippen molar-refractivity contribution in [3.05, 3.63) is 164 Å². The topological polar surface area (TPSA) is 12.9 Å². The molecular formula is C42H29N. The van der Waals surface area contributed by atoms with Gasteiger partial charge in [-0.15, -0.1) is 0 Å². The van der Waals surface area contributed by atoms with Gasteiger partial charge in [0.05, 0.1) is 0 Å². The molecule has 43 heavy (non-hydrogen) atoms. The van der Waals surface area contributed by atoms with Crippen molar-refractivity contribution in [2.45, 2.75) is 6.92 Å². The van der Waals surface area contributed by atoms with Crippen LogP contribution in [0.3, 0.4) is 0 Å². The molecule has 7 aromatic carbocycles. The van der Waals surface area contributed by atoms with Crippen molar-refractivity contribution in [1.29, 1.82) is 0 Å². The summed E-state index contributed by atoms with van der Waals surface area (Å²) >= 11 is 0. The van der Waals surface area contributed by atoms with Crippen LogP contribution in [0.15, 0.2) is 158 Å². The number of hydrogen-bond donors (Lipinski definition) is 0. The second kappa shape index (κ2) is 10.4. The fraction of sp³-hybridized carbons (Fsp3) is 0.0238. The number of fused-ring (bicyclic) bond motifs is 3. The Hall–Kier alpha value is -5.53. The zero-order valence-corrected chi connectivity index (χ0v) is 24.0. The standard InChI is InChI=1S/C42H29N/c1-28-18-19-36(27-43-28)31-13-9-12-30(24-31)32-20-21-34-26-35(23-22-33(34)25-32)42-39-16-7-5-14-37(39)41(29-10-3-2-4-11-29)38-15-6-8-17-40(38)42/h2-27H,1H3. The molecule has 0 amide bonds. The number of rotatable bonds is 4. The fourth-order valence-electron chi connectivity index (χ4n) is 6.45. The van der Waals surface area contributed by atoms with E-state index in [1.54, 1.807) is 0 Å². The molecule has 0 spiro atoms. The third kappa shape index (κ3) is 4.47. The number of aryl methyl sites for hydroxylation is 1. The van der Waals surface area contributed by atoms with Crippen LogP contribution in [-0.2, 0) is 0 Å². The highest BCUT2D eigenvalue weighted by Crippen LogP contribution is 2.44. The van der Waals surface area contributed by atoms with E-state index in [4.69, 9.17) is 0 Å². The highest BCUT2D eigenvalue weighted by Gasteiger charge is 2.16. The summed E-state index contributed by atoms with van der Waals surface area (Å²) in [4.78, 5) is 4.49. The van der Waals surface area contributed by atoms with Gasteiger partial charge in [-0.2, -0.15) is 0 Å². The van der Waals surface area contributed by atoms with Crippen LogP contribution >= 0.6 is 0 Å². The van der Waals surface area contributed by atoms with Crippen LogP contribution in [0.2, 0.25) is 0 Å². The minimum Gasteiger partial charge on any atom is -0.261 e. The van der Waals surface area contributed by atoms with Gasteiger partial charge in [0.2, 0.25) is 0 Å². The van der Waals surface area contributed by atoms with Gasteiger partial charge < -0.3 is 0 Å². The molecule has 0 fully saturated rings. The third-order valence-corrected chi connectivity index (χ3v) is 8.56. The largest absolute Gasteiger partial charge is 0.261 e. The summed E-state index contributed by atoms with van der Waals surface area (Å²) < 4.78 is 0. The number of hydrogen-bond acceptors (Lipinski definition) is 1. The van der Waals surface area contributed by atoms with Crippen molar-refractivity contribution in [2.24, 2.45) is 0 Å². The minimum atomic E-state index is 1.03. The third-order valence-electron chi connectivity index (χ3n) is 8.56. The molecule has 0 aliphatic rings. The van der Waals surface area contributed by atoms with Crippen LogP contribution in [-0.4, -0.2) is 4.98 Å². The molecule has 0 saturated heterocycles. The normalized spacial score (nSPS) is 11.4. The molecule has 0 atom stereocenters. The molecule has 0 bridgehead atoms. The summed E-state index contributed by atoms with van der Waals surface area (Å²) in [6.45, 7) is 2.02. The molecule has 1 heterocycles. The molecule has 0 aliphatic heterocycles. The maximum atomic E-state index is 4.49. The minimum absolute atomic E-state index is 1.03. The summed E-state index contributed by atoms with van der Waals surface area (Å²) in [6, 6.07) is 55.1. The Morgan fingerprint density at radius 3 is 1.42 bits per heavy atom. The van der Waals surface area contributed by atoms with E-state index in [-0.39, 0.29) is 0 Å². The van der Waals surface area contributed by atoms with Crippen LogP contribution in [0.1, 0.15) is 5.69 Å². The van der Waals surface area contributed by atoms with E-state index in [9.17, 15) is 0 Å². The van der Waals surface area contributed by atoms with Crippen LogP contribution < -0.4 is 0 Å². The van der Waals surface area contributed by atoms with Crippen LogP contribution in [0.4, 0.5) is 0 Å². The van der Waals surface area contributed by atoms with E-state index in [1.165, 1.54) is 71.3 Å². The second-order valence-corrected chi connectivity index (χ2v) is 11.3. The van der Waals surface area contributed by atoms with E-state index in [0.717, 1.165) is 11.3 Å². The maximum Gasteiger partial charge on any atom is 0.0373 e. The monoisotopic (exact) mass is 547 g/mol. The Morgan fingerprint density at radius 2 is 0.814 bits per heavy atom. The first kappa shape index (κ1) is 25.2. The molecule has 0 unspecified atom stereocenters. The number of benzene rings is 7. The Morgan fingerprint density at radius 1 is 0.349 bits per heavy atom. The number of pyridine rings is 1. The average Bonchev–Trinajstić information content (AvgIpc) is 3.07. The van der Waals surface area contributed by atoms with Crippen LogP contribution in [0.5, 0.6) is 0 Å². The molecule has 1 nitrogen and oxygen atoms in total. The van der Waals surface area contributed by atoms with Crippen LogP contribution in [0, 0.1) is 6.92 Å². The molecule has 8 rings (SSSR count). The Labute approximate surface area is 251 Å². The van der Waals surface area contributed by atoms with Gasteiger partial charge in [0, 0.05) is 17.5 Å². The maximum absolute atomic E-state index is 4.49. The summed E-state index contributed by atoms with van der Waals surface area (Å²) in [5, 5.41) is 7.58. The van der Waals surface area contributed by atoms with Gasteiger partial charge in [-0.3, -0.25) is 4.98 Å². The van der Waals surface area contributed by atoms with Crippen molar-refractivity contribution in [2.75, 3.05) is 0 Å². The SMILES string of the molecule is Cc1ccc(-c2cccc(-c3ccc4cc(-c5c6ccccc6c(-c6ccccc6)c6ccccc56)ccc4c3)c2)cn1. The van der Waals surface area contributed by atoms with Gasteiger partial charge in [-0.25, -0.2) is 0 Å². The van der Waals surface area contributed by atoms with Crippen molar-refractivity contribution < 1.29 is 0 Å². The molecule has 0 N–H and O–H groups in total. The molecule has 202 valence electrons. The van der Waals surface area contributed by atoms with Gasteiger partial charge in [-0.1, -0.05) is 127 Å². The first-order valence-corrected chi connectivity index (χ1v) is 14.8. The summed E-state index contributed by atoms with van der Waals surface area (Å²) in [7, 11) is 0. The average molecular weight is 548 g/mol. The predicted octanol–water partition coefficient (Wildman–Crippen LogP) is 11.5. The summed E-state index contributed by atoms with van der Waals surface area (Å²) in [5.74, 6) is 0. The summed E-state index contributed by atoms with van der Waals surface area (Å²) in [5.41, 5.74) is 10.8. The van der Waals surface area contributed by atoms with Gasteiger partial charge in [0.15, 0.2) is 0 Å². The lowest BCUT2D eigenvalue weighted by molar-refractivity contribution is 1.20. The van der Waals surface area contributed by atoms with E-state index in [0.29, 0.717) is 0 Å². The summed E-state index contributed by atoms with van der Waals surface area (Å²) in [6.07, 6.45) is 1.95. The van der Waals surface area contributed by atoms with Gasteiger partial charge in [0.25, 0.3) is 0 Å². The lowest BCUT2D eigenvalue weighted by atomic mass is 9.85. The smallest absolute Gasteiger partial charge is 0.0373 e. The van der Waals surface area contributed by atoms with Crippen molar-refractivity contribution in [3.8, 4) is 44.5 Å². The molecule has 0 aliphatic carbocycles. The highest BCUT2D eigenvalue weighted by atomic mass is 14.7.